The monoisotopic (exact) mass is 512 g/mol. The van der Waals surface area contributed by atoms with Gasteiger partial charge in [0.1, 0.15) is 54.7 Å². The molecule has 0 unspecified atom stereocenters. The Labute approximate surface area is 214 Å². The van der Waals surface area contributed by atoms with Crippen molar-refractivity contribution in [2.24, 2.45) is 0 Å². The maximum Gasteiger partial charge on any atom is 0.137 e. The first kappa shape index (κ1) is 25.0. The van der Waals surface area contributed by atoms with Crippen molar-refractivity contribution >= 4 is 11.6 Å². The Bertz CT molecular complexity index is 1160. The third-order valence-corrected chi connectivity index (χ3v) is 7.13. The van der Waals surface area contributed by atoms with Crippen LogP contribution in [-0.4, -0.2) is 64.2 Å². The van der Waals surface area contributed by atoms with Crippen molar-refractivity contribution in [3.8, 4) is 11.5 Å². The standard InChI is InChI=1S/C28H29ClO7/c29-22-10-7-18(28-27(33)26(32)25(31)24(14-30)36-28)12-19(22)11-16-5-8-20(9-6-16)34-15-21-13-17-3-1-2-4-23(17)35-21/h1-10,12,21,24-28,30-33H,11,13-15H2/t21-,24-,25-,26+,27-,28+/m1/s1. The summed E-state index contributed by atoms with van der Waals surface area (Å²) in [6.45, 7) is -0.0167. The molecule has 0 saturated carbocycles. The highest BCUT2D eigenvalue weighted by molar-refractivity contribution is 6.31. The van der Waals surface area contributed by atoms with Crippen LogP contribution in [0.2, 0.25) is 5.02 Å². The van der Waals surface area contributed by atoms with Crippen LogP contribution in [0.25, 0.3) is 0 Å². The van der Waals surface area contributed by atoms with E-state index in [1.54, 1.807) is 12.1 Å². The van der Waals surface area contributed by atoms with Crippen molar-refractivity contribution in [2.75, 3.05) is 13.2 Å². The highest BCUT2D eigenvalue weighted by Gasteiger charge is 2.44. The van der Waals surface area contributed by atoms with Crippen molar-refractivity contribution in [3.05, 3.63) is 94.0 Å². The molecule has 0 radical (unpaired) electrons. The van der Waals surface area contributed by atoms with Gasteiger partial charge in [-0.25, -0.2) is 0 Å². The normalized spacial score (nSPS) is 27.4. The lowest BCUT2D eigenvalue weighted by atomic mass is 9.90. The maximum absolute atomic E-state index is 10.5. The fourth-order valence-electron chi connectivity index (χ4n) is 4.74. The van der Waals surface area contributed by atoms with E-state index < -0.39 is 37.1 Å². The molecule has 7 nitrogen and oxygen atoms in total. The number of hydrogen-bond donors (Lipinski definition) is 4. The van der Waals surface area contributed by atoms with Crippen LogP contribution in [0.3, 0.4) is 0 Å². The highest BCUT2D eigenvalue weighted by Crippen LogP contribution is 2.34. The average Bonchev–Trinajstić information content (AvgIpc) is 3.32. The maximum atomic E-state index is 10.5. The van der Waals surface area contributed by atoms with Gasteiger partial charge in [-0.1, -0.05) is 54.1 Å². The van der Waals surface area contributed by atoms with Crippen molar-refractivity contribution in [1.82, 2.24) is 0 Å². The summed E-state index contributed by atoms with van der Waals surface area (Å²) in [6.07, 6.45) is -4.69. The minimum Gasteiger partial charge on any atom is -0.490 e. The van der Waals surface area contributed by atoms with Crippen molar-refractivity contribution in [1.29, 1.82) is 0 Å². The lowest BCUT2D eigenvalue weighted by Crippen LogP contribution is -2.55. The molecule has 4 N–H and O–H groups in total. The van der Waals surface area contributed by atoms with Gasteiger partial charge in [0.05, 0.1) is 6.61 Å². The van der Waals surface area contributed by atoms with E-state index in [1.807, 2.05) is 48.5 Å². The van der Waals surface area contributed by atoms with E-state index >= 15 is 0 Å². The third-order valence-electron chi connectivity index (χ3n) is 6.76. The van der Waals surface area contributed by atoms with Gasteiger partial charge < -0.3 is 34.6 Å². The SMILES string of the molecule is OC[C@H]1O[C@@H](c2ccc(Cl)c(Cc3ccc(OC[C@H]4Cc5ccccc5O4)cc3)c2)[C@H](O)[C@@H](O)[C@@H]1O. The van der Waals surface area contributed by atoms with E-state index in [1.165, 1.54) is 5.56 Å². The van der Waals surface area contributed by atoms with Gasteiger partial charge in [-0.2, -0.15) is 0 Å². The van der Waals surface area contributed by atoms with Crippen LogP contribution in [0.5, 0.6) is 11.5 Å². The fraction of sp³-hybridized carbons (Fsp3) is 0.357. The summed E-state index contributed by atoms with van der Waals surface area (Å²) in [7, 11) is 0. The molecule has 2 aliphatic heterocycles. The van der Waals surface area contributed by atoms with E-state index in [2.05, 4.69) is 6.07 Å². The molecule has 0 aliphatic carbocycles. The molecule has 1 fully saturated rings. The van der Waals surface area contributed by atoms with Gasteiger partial charge in [0.15, 0.2) is 0 Å². The molecule has 1 saturated heterocycles. The first-order valence-corrected chi connectivity index (χ1v) is 12.4. The molecule has 2 heterocycles. The minimum absolute atomic E-state index is 0.00829. The number of para-hydroxylation sites is 1. The average molecular weight is 513 g/mol. The summed E-state index contributed by atoms with van der Waals surface area (Å²) >= 11 is 6.45. The zero-order valence-electron chi connectivity index (χ0n) is 19.5. The molecule has 6 atom stereocenters. The van der Waals surface area contributed by atoms with Crippen LogP contribution in [0, 0.1) is 0 Å². The van der Waals surface area contributed by atoms with Crippen LogP contribution in [-0.2, 0) is 17.6 Å². The van der Waals surface area contributed by atoms with Gasteiger partial charge in [0.25, 0.3) is 0 Å². The molecule has 190 valence electrons. The number of fused-ring (bicyclic) bond motifs is 1. The van der Waals surface area contributed by atoms with Crippen LogP contribution >= 0.6 is 11.6 Å². The number of rotatable bonds is 7. The Morgan fingerprint density at radius 2 is 1.69 bits per heavy atom. The lowest BCUT2D eigenvalue weighted by molar-refractivity contribution is -0.231. The summed E-state index contributed by atoms with van der Waals surface area (Å²) in [4.78, 5) is 0. The van der Waals surface area contributed by atoms with Gasteiger partial charge in [0, 0.05) is 11.4 Å². The van der Waals surface area contributed by atoms with E-state index in [0.717, 1.165) is 29.0 Å². The zero-order valence-corrected chi connectivity index (χ0v) is 20.3. The van der Waals surface area contributed by atoms with E-state index in [-0.39, 0.29) is 6.10 Å². The number of halogens is 1. The molecule has 0 bridgehead atoms. The molecule has 3 aromatic carbocycles. The zero-order chi connectivity index (χ0) is 25.2. The molecule has 3 aromatic rings. The number of hydrogen-bond acceptors (Lipinski definition) is 7. The van der Waals surface area contributed by atoms with Crippen LogP contribution in [0.15, 0.2) is 66.7 Å². The third kappa shape index (κ3) is 5.22. The number of aliphatic hydroxyl groups is 4. The second-order valence-corrected chi connectivity index (χ2v) is 9.69. The number of ether oxygens (including phenoxy) is 3. The van der Waals surface area contributed by atoms with Gasteiger partial charge in [0.2, 0.25) is 0 Å². The largest absolute Gasteiger partial charge is 0.490 e. The van der Waals surface area contributed by atoms with Gasteiger partial charge in [-0.05, 0) is 52.9 Å². The smallest absolute Gasteiger partial charge is 0.137 e. The van der Waals surface area contributed by atoms with E-state index in [9.17, 15) is 20.4 Å². The van der Waals surface area contributed by atoms with Crippen LogP contribution in [0.4, 0.5) is 0 Å². The Hall–Kier alpha value is -2.65. The minimum atomic E-state index is -1.43. The van der Waals surface area contributed by atoms with E-state index in [4.69, 9.17) is 25.8 Å². The summed E-state index contributed by atoms with van der Waals surface area (Å²) in [5, 5.41) is 40.7. The number of aliphatic hydroxyl groups excluding tert-OH is 4. The summed E-state index contributed by atoms with van der Waals surface area (Å²) in [5.74, 6) is 1.67. The Morgan fingerprint density at radius 1 is 0.917 bits per heavy atom. The van der Waals surface area contributed by atoms with Gasteiger partial charge in [-0.15, -0.1) is 0 Å². The lowest BCUT2D eigenvalue weighted by Gasteiger charge is -2.40. The molecule has 0 amide bonds. The molecular weight excluding hydrogens is 484 g/mol. The van der Waals surface area contributed by atoms with Crippen molar-refractivity contribution < 1.29 is 34.6 Å². The Kier molecular flexibility index (Phi) is 7.48. The molecule has 0 aromatic heterocycles. The second-order valence-electron chi connectivity index (χ2n) is 9.28. The van der Waals surface area contributed by atoms with Crippen LogP contribution in [0.1, 0.15) is 28.4 Å². The van der Waals surface area contributed by atoms with Crippen molar-refractivity contribution in [2.45, 2.75) is 49.5 Å². The summed E-state index contributed by atoms with van der Waals surface area (Å²) < 4.78 is 17.6. The first-order chi connectivity index (χ1) is 17.4. The summed E-state index contributed by atoms with van der Waals surface area (Å²) in [6, 6.07) is 21.0. The van der Waals surface area contributed by atoms with Gasteiger partial charge in [-0.3, -0.25) is 0 Å². The fourth-order valence-corrected chi connectivity index (χ4v) is 4.93. The predicted octanol–water partition coefficient (Wildman–Crippen LogP) is 2.83. The second kappa shape index (κ2) is 10.8. The number of benzene rings is 3. The molecule has 5 rings (SSSR count). The van der Waals surface area contributed by atoms with E-state index in [0.29, 0.717) is 23.6 Å². The quantitative estimate of drug-likeness (QED) is 0.385. The van der Waals surface area contributed by atoms with Gasteiger partial charge >= 0.3 is 0 Å². The summed E-state index contributed by atoms with van der Waals surface area (Å²) in [5.41, 5.74) is 3.63. The molecular formula is C28H29ClO7. The highest BCUT2D eigenvalue weighted by atomic mass is 35.5. The molecule has 2 aliphatic rings. The predicted molar refractivity (Wildman–Crippen MR) is 133 cm³/mol. The Morgan fingerprint density at radius 3 is 2.44 bits per heavy atom. The molecule has 36 heavy (non-hydrogen) atoms. The molecule has 0 spiro atoms. The van der Waals surface area contributed by atoms with Crippen molar-refractivity contribution in [3.63, 3.8) is 0 Å². The molecule has 8 heteroatoms. The Balaban J connectivity index is 1.22. The van der Waals surface area contributed by atoms with Crippen LogP contribution < -0.4 is 9.47 Å². The first-order valence-electron chi connectivity index (χ1n) is 12.0. The topological polar surface area (TPSA) is 109 Å².